The van der Waals surface area contributed by atoms with E-state index in [1.165, 1.54) is 6.07 Å². The first-order valence-corrected chi connectivity index (χ1v) is 7.58. The van der Waals surface area contributed by atoms with Gasteiger partial charge in [-0.15, -0.1) is 38.0 Å². The molecule has 25 heavy (non-hydrogen) atoms. The molecule has 1 aliphatic rings. The van der Waals surface area contributed by atoms with Gasteiger partial charge < -0.3 is 10.1 Å². The number of benzene rings is 1. The third-order valence-corrected chi connectivity index (χ3v) is 3.83. The van der Waals surface area contributed by atoms with Gasteiger partial charge in [0.15, 0.2) is 0 Å². The first kappa shape index (κ1) is 24.2. The van der Waals surface area contributed by atoms with Gasteiger partial charge in [0.25, 0.3) is 0 Å². The third-order valence-electron chi connectivity index (χ3n) is 3.83. The molecule has 1 aromatic rings. The summed E-state index contributed by atoms with van der Waals surface area (Å²) in [7, 11) is 0. The van der Waals surface area contributed by atoms with Crippen LogP contribution in [0.3, 0.4) is 0 Å². The summed E-state index contributed by atoms with van der Waals surface area (Å²) in [6.07, 6.45) is -4.79. The minimum Gasteiger partial charge on any atom is -0.406 e. The molecule has 1 aromatic carbocycles. The van der Waals surface area contributed by atoms with E-state index in [0.29, 0.717) is 13.1 Å². The molecule has 0 unspecified atom stereocenters. The normalized spacial score (nSPS) is 17.2. The summed E-state index contributed by atoms with van der Waals surface area (Å²) in [6.45, 7) is 8.83. The van der Waals surface area contributed by atoms with Gasteiger partial charge in [0.2, 0.25) is 0 Å². The molecule has 0 aliphatic carbocycles. The molecule has 0 bridgehead atoms. The van der Waals surface area contributed by atoms with Crippen molar-refractivity contribution in [1.29, 1.82) is 0 Å². The van der Waals surface area contributed by atoms with Crippen molar-refractivity contribution in [3.8, 4) is 5.75 Å². The number of hydrogen-bond acceptors (Lipinski definition) is 3. The predicted molar refractivity (Wildman–Crippen MR) is 94.2 cm³/mol. The fourth-order valence-corrected chi connectivity index (χ4v) is 3.08. The second kappa shape index (κ2) is 9.26. The van der Waals surface area contributed by atoms with Crippen LogP contribution >= 0.6 is 24.8 Å². The highest BCUT2D eigenvalue weighted by molar-refractivity contribution is 5.85. The molecule has 1 saturated heterocycles. The van der Waals surface area contributed by atoms with Gasteiger partial charge in [0, 0.05) is 37.8 Å². The van der Waals surface area contributed by atoms with Crippen LogP contribution in [0, 0.1) is 11.2 Å². The van der Waals surface area contributed by atoms with E-state index >= 15 is 0 Å². The third kappa shape index (κ3) is 6.81. The highest BCUT2D eigenvalue weighted by atomic mass is 35.5. The monoisotopic (exact) mass is 406 g/mol. The van der Waals surface area contributed by atoms with E-state index in [9.17, 15) is 17.6 Å². The second-order valence-corrected chi connectivity index (χ2v) is 6.79. The molecular formula is C16H24Cl2F4N2O. The first-order valence-electron chi connectivity index (χ1n) is 7.58. The smallest absolute Gasteiger partial charge is 0.406 e. The molecule has 0 amide bonds. The Hall–Kier alpha value is -0.760. The van der Waals surface area contributed by atoms with Crippen molar-refractivity contribution in [2.24, 2.45) is 5.41 Å². The molecule has 0 saturated carbocycles. The van der Waals surface area contributed by atoms with Crippen molar-refractivity contribution in [1.82, 2.24) is 10.2 Å². The summed E-state index contributed by atoms with van der Waals surface area (Å²) in [5.41, 5.74) is -0.101. The van der Waals surface area contributed by atoms with Gasteiger partial charge in [-0.05, 0) is 23.6 Å². The van der Waals surface area contributed by atoms with E-state index in [4.69, 9.17) is 0 Å². The summed E-state index contributed by atoms with van der Waals surface area (Å²) in [4.78, 5) is 2.10. The largest absolute Gasteiger partial charge is 0.573 e. The summed E-state index contributed by atoms with van der Waals surface area (Å²) < 4.78 is 55.6. The highest BCUT2D eigenvalue weighted by Crippen LogP contribution is 2.40. The molecule has 1 fully saturated rings. The quantitative estimate of drug-likeness (QED) is 0.744. The lowest BCUT2D eigenvalue weighted by atomic mass is 9.80. The zero-order chi connectivity index (χ0) is 17.3. The van der Waals surface area contributed by atoms with E-state index in [1.807, 2.05) is 20.8 Å². The maximum atomic E-state index is 14.4. The Labute approximate surface area is 157 Å². The van der Waals surface area contributed by atoms with Gasteiger partial charge in [-0.25, -0.2) is 4.39 Å². The van der Waals surface area contributed by atoms with Gasteiger partial charge in [0.05, 0.1) is 0 Å². The Morgan fingerprint density at radius 2 is 1.64 bits per heavy atom. The van der Waals surface area contributed by atoms with E-state index in [2.05, 4.69) is 15.0 Å². The highest BCUT2D eigenvalue weighted by Gasteiger charge is 2.36. The zero-order valence-corrected chi connectivity index (χ0v) is 16.0. The van der Waals surface area contributed by atoms with Gasteiger partial charge in [-0.2, -0.15) is 0 Å². The number of piperazine rings is 1. The van der Waals surface area contributed by atoms with Crippen molar-refractivity contribution in [3.63, 3.8) is 0 Å². The average Bonchev–Trinajstić information content (AvgIpc) is 2.41. The van der Waals surface area contributed by atoms with Crippen LogP contribution in [-0.4, -0.2) is 37.4 Å². The maximum absolute atomic E-state index is 14.4. The van der Waals surface area contributed by atoms with E-state index < -0.39 is 17.9 Å². The molecule has 146 valence electrons. The molecule has 0 radical (unpaired) electrons. The van der Waals surface area contributed by atoms with Gasteiger partial charge in [0.1, 0.15) is 11.6 Å². The fourth-order valence-electron chi connectivity index (χ4n) is 3.08. The Morgan fingerprint density at radius 3 is 2.12 bits per heavy atom. The summed E-state index contributed by atoms with van der Waals surface area (Å²) in [6, 6.07) is 2.88. The molecule has 1 N–H and O–H groups in total. The number of ether oxygens (including phenoxy) is 1. The lowest BCUT2D eigenvalue weighted by molar-refractivity contribution is -0.274. The van der Waals surface area contributed by atoms with Crippen LogP contribution in [0.1, 0.15) is 32.4 Å². The van der Waals surface area contributed by atoms with Crippen LogP contribution in [-0.2, 0) is 0 Å². The molecule has 1 atom stereocenters. The Balaban J connectivity index is 0.00000288. The van der Waals surface area contributed by atoms with Crippen molar-refractivity contribution in [3.05, 3.63) is 29.6 Å². The molecule has 1 aliphatic heterocycles. The summed E-state index contributed by atoms with van der Waals surface area (Å²) in [5.74, 6) is -0.906. The molecular weight excluding hydrogens is 383 g/mol. The van der Waals surface area contributed by atoms with Crippen LogP contribution in [0.5, 0.6) is 5.75 Å². The number of rotatable bonds is 3. The van der Waals surface area contributed by atoms with Crippen LogP contribution < -0.4 is 10.1 Å². The van der Waals surface area contributed by atoms with E-state index in [-0.39, 0.29) is 41.8 Å². The van der Waals surface area contributed by atoms with Crippen LogP contribution in [0.25, 0.3) is 0 Å². The number of alkyl halides is 3. The summed E-state index contributed by atoms with van der Waals surface area (Å²) in [5, 5.41) is 3.22. The minimum absolute atomic E-state index is 0. The second-order valence-electron chi connectivity index (χ2n) is 6.79. The van der Waals surface area contributed by atoms with Crippen LogP contribution in [0.2, 0.25) is 0 Å². The lowest BCUT2D eigenvalue weighted by Crippen LogP contribution is -2.48. The molecule has 1 heterocycles. The molecule has 2 rings (SSSR count). The maximum Gasteiger partial charge on any atom is 0.573 e. The Bertz CT molecular complexity index is 544. The Kier molecular flexibility index (Phi) is 8.97. The van der Waals surface area contributed by atoms with Gasteiger partial charge >= 0.3 is 6.36 Å². The standard InChI is InChI=1S/C16H22F4N2O.2ClH/c1-15(2,3)14(22-8-6-21-7-9-22)12-10-11(4-5-13(12)17)23-16(18,19)20;;/h4-5,10,14,21H,6-9H2,1-3H3;2*1H/t14-;;/m1../s1. The molecule has 0 spiro atoms. The predicted octanol–water partition coefficient (Wildman–Crippen LogP) is 4.56. The molecule has 9 heteroatoms. The minimum atomic E-state index is -4.79. The van der Waals surface area contributed by atoms with Crippen molar-refractivity contribution in [2.75, 3.05) is 26.2 Å². The van der Waals surface area contributed by atoms with Crippen LogP contribution in [0.15, 0.2) is 18.2 Å². The number of nitrogens with one attached hydrogen (secondary N) is 1. The first-order chi connectivity index (χ1) is 10.6. The van der Waals surface area contributed by atoms with Crippen molar-refractivity contribution in [2.45, 2.75) is 33.2 Å². The average molecular weight is 407 g/mol. The lowest BCUT2D eigenvalue weighted by Gasteiger charge is -2.42. The SMILES string of the molecule is CC(C)(C)[C@@H](c1cc(OC(F)(F)F)ccc1F)N1CCNCC1.Cl.Cl. The zero-order valence-electron chi connectivity index (χ0n) is 14.3. The van der Waals surface area contributed by atoms with Crippen LogP contribution in [0.4, 0.5) is 17.6 Å². The van der Waals surface area contributed by atoms with Gasteiger partial charge in [-0.1, -0.05) is 20.8 Å². The summed E-state index contributed by atoms with van der Waals surface area (Å²) >= 11 is 0. The Morgan fingerprint density at radius 1 is 1.08 bits per heavy atom. The number of nitrogens with zero attached hydrogens (tertiary/aromatic N) is 1. The topological polar surface area (TPSA) is 24.5 Å². The fraction of sp³-hybridized carbons (Fsp3) is 0.625. The van der Waals surface area contributed by atoms with Gasteiger partial charge in [-0.3, -0.25) is 4.90 Å². The van der Waals surface area contributed by atoms with Crippen molar-refractivity contribution < 1.29 is 22.3 Å². The number of halogens is 6. The van der Waals surface area contributed by atoms with Crippen molar-refractivity contribution >= 4 is 24.8 Å². The molecule has 0 aromatic heterocycles. The van der Waals surface area contributed by atoms with E-state index in [1.54, 1.807) is 0 Å². The molecule has 3 nitrogen and oxygen atoms in total. The number of hydrogen-bond donors (Lipinski definition) is 1. The van der Waals surface area contributed by atoms with E-state index in [0.717, 1.165) is 25.2 Å².